The average Bonchev–Trinajstić information content (AvgIpc) is 1.99. The maximum Gasteiger partial charge on any atom is 0.328 e. The molecule has 0 fully saturated rings. The number of hydrogen-bond donors (Lipinski definition) is 1. The minimum absolute atomic E-state index is 0.301. The second kappa shape index (κ2) is 3.60. The van der Waals surface area contributed by atoms with E-state index in [1.54, 1.807) is 13.1 Å². The van der Waals surface area contributed by atoms with Crippen LogP contribution < -0.4 is 11.2 Å². The van der Waals surface area contributed by atoms with Crippen molar-refractivity contribution in [3.05, 3.63) is 32.6 Å². The van der Waals surface area contributed by atoms with E-state index in [0.717, 1.165) is 0 Å². The Morgan fingerprint density at radius 3 is 2.62 bits per heavy atom. The Hall–Kier alpha value is -1.32. The van der Waals surface area contributed by atoms with Crippen LogP contribution >= 0.6 is 0 Å². The molecule has 13 heavy (non-hydrogen) atoms. The number of rotatable bonds is 2. The van der Waals surface area contributed by atoms with Crippen molar-refractivity contribution in [2.75, 3.05) is 0 Å². The molecule has 0 saturated heterocycles. The predicted molar refractivity (Wildman–Crippen MR) is 50.9 cm³/mol. The predicted octanol–water partition coefficient (Wildman–Crippen LogP) is 0.501. The molecule has 0 saturated carbocycles. The van der Waals surface area contributed by atoms with Gasteiger partial charge in [0.05, 0.1) is 0 Å². The zero-order valence-electron chi connectivity index (χ0n) is 8.13. The Balaban J connectivity index is 3.17. The Kier molecular flexibility index (Phi) is 2.70. The van der Waals surface area contributed by atoms with E-state index in [1.807, 2.05) is 13.8 Å². The summed E-state index contributed by atoms with van der Waals surface area (Å²) in [5.41, 5.74) is -0.0606. The normalized spacial score (nSPS) is 10.8. The standard InChI is InChI=1S/C9H14N2O2/c1-6(2)4-11-5-7(3)8(12)10-9(11)13/h5-6H,4H2,1-3H3,(H,10,12,13). The molecule has 0 radical (unpaired) electrons. The van der Waals surface area contributed by atoms with Crippen molar-refractivity contribution < 1.29 is 0 Å². The van der Waals surface area contributed by atoms with Crippen LogP contribution in [0.1, 0.15) is 19.4 Å². The summed E-state index contributed by atoms with van der Waals surface area (Å²) < 4.78 is 1.53. The molecular formula is C9H14N2O2. The van der Waals surface area contributed by atoms with Gasteiger partial charge in [-0.05, 0) is 12.8 Å². The van der Waals surface area contributed by atoms with Gasteiger partial charge in [-0.25, -0.2) is 4.79 Å². The van der Waals surface area contributed by atoms with Gasteiger partial charge >= 0.3 is 5.69 Å². The molecule has 4 heteroatoms. The summed E-state index contributed by atoms with van der Waals surface area (Å²) >= 11 is 0. The average molecular weight is 182 g/mol. The van der Waals surface area contributed by atoms with Gasteiger partial charge in [0.2, 0.25) is 0 Å². The highest BCUT2D eigenvalue weighted by Gasteiger charge is 2.01. The van der Waals surface area contributed by atoms with Gasteiger partial charge in [-0.2, -0.15) is 0 Å². The fraction of sp³-hybridized carbons (Fsp3) is 0.556. The molecule has 1 rings (SSSR count). The molecular weight excluding hydrogens is 168 g/mol. The number of H-pyrrole nitrogens is 1. The molecule has 0 aliphatic heterocycles. The zero-order chi connectivity index (χ0) is 10.0. The highest BCUT2D eigenvalue weighted by Crippen LogP contribution is 1.95. The Morgan fingerprint density at radius 2 is 2.08 bits per heavy atom. The van der Waals surface area contributed by atoms with Gasteiger partial charge < -0.3 is 4.57 Å². The van der Waals surface area contributed by atoms with Crippen molar-refractivity contribution in [2.24, 2.45) is 5.92 Å². The molecule has 4 nitrogen and oxygen atoms in total. The van der Waals surface area contributed by atoms with E-state index in [0.29, 0.717) is 18.0 Å². The van der Waals surface area contributed by atoms with Gasteiger partial charge in [0.25, 0.3) is 5.56 Å². The summed E-state index contributed by atoms with van der Waals surface area (Å²) in [6.07, 6.45) is 1.60. The Labute approximate surface area is 76.2 Å². The Morgan fingerprint density at radius 1 is 1.46 bits per heavy atom. The minimum atomic E-state index is -0.329. The molecule has 1 N–H and O–H groups in total. The third-order valence-corrected chi connectivity index (χ3v) is 1.75. The summed E-state index contributed by atoms with van der Waals surface area (Å²) in [4.78, 5) is 24.5. The van der Waals surface area contributed by atoms with Crippen LogP contribution in [0.25, 0.3) is 0 Å². The maximum absolute atomic E-state index is 11.2. The van der Waals surface area contributed by atoms with Crippen molar-refractivity contribution in [3.8, 4) is 0 Å². The van der Waals surface area contributed by atoms with Crippen molar-refractivity contribution in [1.29, 1.82) is 0 Å². The fourth-order valence-electron chi connectivity index (χ4n) is 1.15. The van der Waals surface area contributed by atoms with Crippen LogP contribution in [-0.2, 0) is 6.54 Å². The molecule has 0 atom stereocenters. The second-order valence-electron chi connectivity index (χ2n) is 3.62. The van der Waals surface area contributed by atoms with Gasteiger partial charge in [0, 0.05) is 18.3 Å². The number of aromatic nitrogens is 2. The van der Waals surface area contributed by atoms with Gasteiger partial charge in [0.15, 0.2) is 0 Å². The fourth-order valence-corrected chi connectivity index (χ4v) is 1.15. The Bertz CT molecular complexity index is 401. The molecule has 0 amide bonds. The smallest absolute Gasteiger partial charge is 0.300 e. The van der Waals surface area contributed by atoms with Crippen molar-refractivity contribution in [1.82, 2.24) is 9.55 Å². The van der Waals surface area contributed by atoms with Crippen LogP contribution in [-0.4, -0.2) is 9.55 Å². The molecule has 0 aromatic carbocycles. The van der Waals surface area contributed by atoms with E-state index in [1.165, 1.54) is 4.57 Å². The van der Waals surface area contributed by atoms with Gasteiger partial charge in [-0.3, -0.25) is 9.78 Å². The first-order valence-electron chi connectivity index (χ1n) is 4.31. The minimum Gasteiger partial charge on any atom is -0.300 e. The lowest BCUT2D eigenvalue weighted by Gasteiger charge is -2.07. The van der Waals surface area contributed by atoms with E-state index >= 15 is 0 Å². The summed E-state index contributed by atoms with van der Waals surface area (Å²) in [5.74, 6) is 0.392. The molecule has 0 unspecified atom stereocenters. The van der Waals surface area contributed by atoms with Crippen LogP contribution in [0.4, 0.5) is 0 Å². The van der Waals surface area contributed by atoms with Crippen LogP contribution in [0.5, 0.6) is 0 Å². The van der Waals surface area contributed by atoms with Crippen molar-refractivity contribution in [3.63, 3.8) is 0 Å². The van der Waals surface area contributed by atoms with E-state index in [4.69, 9.17) is 0 Å². The monoisotopic (exact) mass is 182 g/mol. The van der Waals surface area contributed by atoms with Gasteiger partial charge in [0.1, 0.15) is 0 Å². The molecule has 1 aromatic heterocycles. The maximum atomic E-state index is 11.2. The zero-order valence-corrected chi connectivity index (χ0v) is 8.13. The SMILES string of the molecule is Cc1cn(CC(C)C)c(=O)[nH]c1=O. The highest BCUT2D eigenvalue weighted by molar-refractivity contribution is 5.00. The molecule has 0 spiro atoms. The first-order chi connectivity index (χ1) is 6.00. The van der Waals surface area contributed by atoms with E-state index in [2.05, 4.69) is 4.98 Å². The number of nitrogens with zero attached hydrogens (tertiary/aromatic N) is 1. The lowest BCUT2D eigenvalue weighted by molar-refractivity contribution is 0.500. The molecule has 0 aliphatic rings. The lowest BCUT2D eigenvalue weighted by atomic mass is 10.2. The number of aromatic amines is 1. The molecule has 72 valence electrons. The molecule has 1 heterocycles. The summed E-state index contributed by atoms with van der Waals surface area (Å²) in [6.45, 7) is 6.37. The van der Waals surface area contributed by atoms with Gasteiger partial charge in [-0.1, -0.05) is 13.8 Å². The third-order valence-electron chi connectivity index (χ3n) is 1.75. The van der Waals surface area contributed by atoms with Crippen molar-refractivity contribution >= 4 is 0 Å². The first-order valence-corrected chi connectivity index (χ1v) is 4.31. The quantitative estimate of drug-likeness (QED) is 0.724. The lowest BCUT2D eigenvalue weighted by Crippen LogP contribution is -2.31. The summed E-state index contributed by atoms with van der Waals surface area (Å²) in [6, 6.07) is 0. The van der Waals surface area contributed by atoms with E-state index < -0.39 is 0 Å². The molecule has 1 aromatic rings. The van der Waals surface area contributed by atoms with Gasteiger partial charge in [-0.15, -0.1) is 0 Å². The number of nitrogens with one attached hydrogen (secondary N) is 1. The topological polar surface area (TPSA) is 54.9 Å². The van der Waals surface area contributed by atoms with Crippen LogP contribution in [0, 0.1) is 12.8 Å². The largest absolute Gasteiger partial charge is 0.328 e. The summed E-state index contributed by atoms with van der Waals surface area (Å²) in [7, 11) is 0. The first kappa shape index (κ1) is 9.77. The molecule has 0 bridgehead atoms. The third kappa shape index (κ3) is 2.31. The van der Waals surface area contributed by atoms with E-state index in [9.17, 15) is 9.59 Å². The summed E-state index contributed by atoms with van der Waals surface area (Å²) in [5, 5.41) is 0. The van der Waals surface area contributed by atoms with E-state index in [-0.39, 0.29) is 11.2 Å². The van der Waals surface area contributed by atoms with Crippen LogP contribution in [0.15, 0.2) is 15.8 Å². The number of hydrogen-bond acceptors (Lipinski definition) is 2. The second-order valence-corrected chi connectivity index (χ2v) is 3.62. The highest BCUT2D eigenvalue weighted by atomic mass is 16.2. The van der Waals surface area contributed by atoms with Crippen molar-refractivity contribution in [2.45, 2.75) is 27.3 Å². The molecule has 0 aliphatic carbocycles. The van der Waals surface area contributed by atoms with Crippen LogP contribution in [0.3, 0.4) is 0 Å². The van der Waals surface area contributed by atoms with Crippen LogP contribution in [0.2, 0.25) is 0 Å². The number of aryl methyl sites for hydroxylation is 1.